The van der Waals surface area contributed by atoms with Crippen LogP contribution in [0.3, 0.4) is 0 Å². The van der Waals surface area contributed by atoms with Gasteiger partial charge in [-0.2, -0.15) is 0 Å². The molecular formula is C20H24N2O3. The van der Waals surface area contributed by atoms with E-state index in [2.05, 4.69) is 6.92 Å². The summed E-state index contributed by atoms with van der Waals surface area (Å²) in [6.45, 7) is 5.47. The average Bonchev–Trinajstić information content (AvgIpc) is 2.99. The van der Waals surface area contributed by atoms with Crippen molar-refractivity contribution in [3.63, 3.8) is 0 Å². The van der Waals surface area contributed by atoms with Crippen molar-refractivity contribution in [3.8, 4) is 0 Å². The molecule has 1 aromatic carbocycles. The Bertz CT molecular complexity index is 738. The minimum Gasteiger partial charge on any atom is -0.459 e. The molecule has 1 aliphatic heterocycles. The molecule has 0 aliphatic carbocycles. The summed E-state index contributed by atoms with van der Waals surface area (Å²) in [6, 6.07) is 11.8. The van der Waals surface area contributed by atoms with E-state index in [0.717, 1.165) is 17.5 Å². The summed E-state index contributed by atoms with van der Waals surface area (Å²) in [5, 5.41) is 0. The zero-order valence-electron chi connectivity index (χ0n) is 14.8. The van der Waals surface area contributed by atoms with Crippen LogP contribution >= 0.6 is 0 Å². The molecule has 5 heteroatoms. The van der Waals surface area contributed by atoms with Crippen LogP contribution in [-0.4, -0.2) is 40.7 Å². The number of hydrogen-bond donors (Lipinski definition) is 0. The summed E-state index contributed by atoms with van der Waals surface area (Å²) in [4.78, 5) is 29.1. The highest BCUT2D eigenvalue weighted by molar-refractivity contribution is 5.93. The van der Waals surface area contributed by atoms with E-state index in [9.17, 15) is 9.59 Å². The summed E-state index contributed by atoms with van der Waals surface area (Å²) in [5.74, 6) is 0.344. The largest absolute Gasteiger partial charge is 0.459 e. The Morgan fingerprint density at radius 1 is 1.24 bits per heavy atom. The van der Waals surface area contributed by atoms with Crippen molar-refractivity contribution < 1.29 is 14.0 Å². The van der Waals surface area contributed by atoms with Crippen molar-refractivity contribution in [1.82, 2.24) is 9.80 Å². The maximum atomic E-state index is 12.8. The van der Waals surface area contributed by atoms with Crippen molar-refractivity contribution in [2.45, 2.75) is 39.3 Å². The molecule has 0 N–H and O–H groups in total. The standard InChI is InChI=1S/C20H24N2O3/c1-3-17-14-21(20(24)19-15(2)10-12-25-19)11-9-18(23)22(17)13-16-7-5-4-6-8-16/h4-8,10,12,17H,3,9,11,13-14H2,1-2H3. The van der Waals surface area contributed by atoms with Crippen molar-refractivity contribution in [3.05, 3.63) is 59.5 Å². The SMILES string of the molecule is CCC1CN(C(=O)c2occc2C)CCC(=O)N1Cc1ccccc1. The highest BCUT2D eigenvalue weighted by Gasteiger charge is 2.32. The Morgan fingerprint density at radius 2 is 2.00 bits per heavy atom. The first-order valence-corrected chi connectivity index (χ1v) is 8.77. The fourth-order valence-electron chi connectivity index (χ4n) is 3.29. The van der Waals surface area contributed by atoms with Gasteiger partial charge in [0, 0.05) is 37.7 Å². The molecule has 2 aromatic rings. The molecule has 2 amide bonds. The number of nitrogens with zero attached hydrogens (tertiary/aromatic N) is 2. The third-order valence-corrected chi connectivity index (χ3v) is 4.80. The molecule has 1 atom stereocenters. The molecule has 2 heterocycles. The van der Waals surface area contributed by atoms with Gasteiger partial charge in [-0.05, 0) is 25.0 Å². The molecule has 0 radical (unpaired) electrons. The van der Waals surface area contributed by atoms with E-state index in [1.807, 2.05) is 42.2 Å². The summed E-state index contributed by atoms with van der Waals surface area (Å²) >= 11 is 0. The van der Waals surface area contributed by atoms with Crippen LogP contribution in [0.1, 0.15) is 41.4 Å². The smallest absolute Gasteiger partial charge is 0.289 e. The zero-order chi connectivity index (χ0) is 17.8. The van der Waals surface area contributed by atoms with Crippen molar-refractivity contribution in [1.29, 1.82) is 0 Å². The predicted octanol–water partition coefficient (Wildman–Crippen LogP) is 3.24. The first kappa shape index (κ1) is 17.3. The van der Waals surface area contributed by atoms with Crippen LogP contribution in [0.15, 0.2) is 47.1 Å². The van der Waals surface area contributed by atoms with E-state index < -0.39 is 0 Å². The number of carbonyl (C=O) groups is 2. The highest BCUT2D eigenvalue weighted by atomic mass is 16.3. The van der Waals surface area contributed by atoms with Crippen LogP contribution in [-0.2, 0) is 11.3 Å². The first-order chi connectivity index (χ1) is 12.1. The summed E-state index contributed by atoms with van der Waals surface area (Å²) < 4.78 is 5.35. The zero-order valence-corrected chi connectivity index (χ0v) is 14.8. The van der Waals surface area contributed by atoms with E-state index in [0.29, 0.717) is 31.8 Å². The monoisotopic (exact) mass is 340 g/mol. The van der Waals surface area contributed by atoms with Gasteiger partial charge in [0.1, 0.15) is 0 Å². The Labute approximate surface area is 148 Å². The van der Waals surface area contributed by atoms with Gasteiger partial charge in [0.05, 0.1) is 6.26 Å². The third kappa shape index (κ3) is 3.76. The molecular weight excluding hydrogens is 316 g/mol. The van der Waals surface area contributed by atoms with E-state index in [-0.39, 0.29) is 17.9 Å². The average molecular weight is 340 g/mol. The maximum Gasteiger partial charge on any atom is 0.289 e. The molecule has 0 spiro atoms. The lowest BCUT2D eigenvalue weighted by Crippen LogP contribution is -2.43. The Kier molecular flexibility index (Phi) is 5.22. The number of amides is 2. The second-order valence-electron chi connectivity index (χ2n) is 6.50. The lowest BCUT2D eigenvalue weighted by Gasteiger charge is -2.31. The molecule has 132 valence electrons. The van der Waals surface area contributed by atoms with Crippen LogP contribution in [0, 0.1) is 6.92 Å². The van der Waals surface area contributed by atoms with Gasteiger partial charge in [-0.25, -0.2) is 0 Å². The molecule has 0 bridgehead atoms. The Morgan fingerprint density at radius 3 is 2.64 bits per heavy atom. The molecule has 1 fully saturated rings. The van der Waals surface area contributed by atoms with Gasteiger partial charge < -0.3 is 14.2 Å². The second kappa shape index (κ2) is 7.55. The van der Waals surface area contributed by atoms with Crippen molar-refractivity contribution in [2.24, 2.45) is 0 Å². The van der Waals surface area contributed by atoms with Crippen LogP contribution in [0.4, 0.5) is 0 Å². The molecule has 3 rings (SSSR count). The lowest BCUT2D eigenvalue weighted by atomic mass is 10.1. The van der Waals surface area contributed by atoms with Crippen LogP contribution in [0.5, 0.6) is 0 Å². The van der Waals surface area contributed by atoms with E-state index in [4.69, 9.17) is 4.42 Å². The molecule has 1 unspecified atom stereocenters. The van der Waals surface area contributed by atoms with Gasteiger partial charge >= 0.3 is 0 Å². The fraction of sp³-hybridized carbons (Fsp3) is 0.400. The molecule has 0 saturated carbocycles. The molecule has 1 aromatic heterocycles. The molecule has 1 aliphatic rings. The molecule has 1 saturated heterocycles. The summed E-state index contributed by atoms with van der Waals surface area (Å²) in [6.07, 6.45) is 2.68. The minimum absolute atomic E-state index is 0.00873. The Balaban J connectivity index is 1.79. The van der Waals surface area contributed by atoms with E-state index >= 15 is 0 Å². The quantitative estimate of drug-likeness (QED) is 0.858. The van der Waals surface area contributed by atoms with Crippen LogP contribution < -0.4 is 0 Å². The molecule has 5 nitrogen and oxygen atoms in total. The van der Waals surface area contributed by atoms with Gasteiger partial charge in [0.25, 0.3) is 5.91 Å². The number of benzene rings is 1. The first-order valence-electron chi connectivity index (χ1n) is 8.77. The number of rotatable bonds is 4. The lowest BCUT2D eigenvalue weighted by molar-refractivity contribution is -0.133. The maximum absolute atomic E-state index is 12.8. The number of hydrogen-bond acceptors (Lipinski definition) is 3. The third-order valence-electron chi connectivity index (χ3n) is 4.80. The fourth-order valence-corrected chi connectivity index (χ4v) is 3.29. The number of carbonyl (C=O) groups excluding carboxylic acids is 2. The van der Waals surface area contributed by atoms with Gasteiger partial charge in [-0.15, -0.1) is 0 Å². The summed E-state index contributed by atoms with van der Waals surface area (Å²) in [5.41, 5.74) is 1.94. The van der Waals surface area contributed by atoms with Crippen LogP contribution in [0.25, 0.3) is 0 Å². The summed E-state index contributed by atoms with van der Waals surface area (Å²) in [7, 11) is 0. The predicted molar refractivity (Wildman–Crippen MR) is 95.0 cm³/mol. The topological polar surface area (TPSA) is 53.8 Å². The minimum atomic E-state index is -0.129. The van der Waals surface area contributed by atoms with Crippen molar-refractivity contribution >= 4 is 11.8 Å². The van der Waals surface area contributed by atoms with Gasteiger partial charge in [-0.1, -0.05) is 37.3 Å². The van der Waals surface area contributed by atoms with Gasteiger partial charge in [0.2, 0.25) is 5.91 Å². The number of furan rings is 1. The van der Waals surface area contributed by atoms with E-state index in [1.165, 1.54) is 6.26 Å². The molecule has 25 heavy (non-hydrogen) atoms. The van der Waals surface area contributed by atoms with E-state index in [1.54, 1.807) is 11.0 Å². The number of aryl methyl sites for hydroxylation is 1. The van der Waals surface area contributed by atoms with Crippen LogP contribution in [0.2, 0.25) is 0 Å². The highest BCUT2D eigenvalue weighted by Crippen LogP contribution is 2.20. The second-order valence-corrected chi connectivity index (χ2v) is 6.50. The Hall–Kier alpha value is -2.56. The van der Waals surface area contributed by atoms with Gasteiger partial charge in [0.15, 0.2) is 5.76 Å². The van der Waals surface area contributed by atoms with Gasteiger partial charge in [-0.3, -0.25) is 9.59 Å². The van der Waals surface area contributed by atoms with Crippen molar-refractivity contribution in [2.75, 3.05) is 13.1 Å². The normalized spacial score (nSPS) is 18.3.